The van der Waals surface area contributed by atoms with Crippen molar-refractivity contribution in [3.63, 3.8) is 0 Å². The summed E-state index contributed by atoms with van der Waals surface area (Å²) in [5.41, 5.74) is 0. The van der Waals surface area contributed by atoms with Gasteiger partial charge in [0.2, 0.25) is 0 Å². The number of allylic oxidation sites excluding steroid dienone is 2. The van der Waals surface area contributed by atoms with E-state index in [0.717, 1.165) is 19.3 Å². The molecule has 1 N–H and O–H groups in total. The Kier molecular flexibility index (Phi) is 12.6. The fourth-order valence-corrected chi connectivity index (χ4v) is 1.34. The lowest BCUT2D eigenvalue weighted by Crippen LogP contribution is -1.83. The highest BCUT2D eigenvalue weighted by molar-refractivity contribution is 5.14. The molecule has 0 aliphatic heterocycles. The SMILES string of the molecule is CCC=CC#CCCCCCCCCO. The Balaban J connectivity index is 3.09. The van der Waals surface area contributed by atoms with Crippen molar-refractivity contribution < 1.29 is 5.11 Å². The molecular weight excluding hydrogens is 184 g/mol. The standard InChI is InChI=1S/C14H24O/c1-2-3-4-5-6-7-8-9-10-11-12-13-14-15/h3-4,15H,2,7-14H2,1H3. The molecule has 0 spiro atoms. The normalized spacial score (nSPS) is 10.3. The minimum absolute atomic E-state index is 0.342. The van der Waals surface area contributed by atoms with Crippen molar-refractivity contribution in [3.8, 4) is 11.8 Å². The maximum atomic E-state index is 8.59. The quantitative estimate of drug-likeness (QED) is 0.476. The Morgan fingerprint density at radius 3 is 2.33 bits per heavy atom. The highest BCUT2D eigenvalue weighted by Crippen LogP contribution is 2.06. The van der Waals surface area contributed by atoms with Crippen LogP contribution >= 0.6 is 0 Å². The van der Waals surface area contributed by atoms with Crippen molar-refractivity contribution >= 4 is 0 Å². The Bertz CT molecular complexity index is 195. The van der Waals surface area contributed by atoms with E-state index in [4.69, 9.17) is 5.11 Å². The average molecular weight is 208 g/mol. The van der Waals surface area contributed by atoms with E-state index in [9.17, 15) is 0 Å². The van der Waals surface area contributed by atoms with Crippen LogP contribution in [0, 0.1) is 11.8 Å². The van der Waals surface area contributed by atoms with Crippen molar-refractivity contribution in [2.45, 2.75) is 58.3 Å². The van der Waals surface area contributed by atoms with E-state index in [1.165, 1.54) is 32.1 Å². The third kappa shape index (κ3) is 13.3. The van der Waals surface area contributed by atoms with Crippen LogP contribution < -0.4 is 0 Å². The molecule has 0 unspecified atom stereocenters. The second-order valence-electron chi connectivity index (χ2n) is 3.73. The first kappa shape index (κ1) is 14.3. The highest BCUT2D eigenvalue weighted by atomic mass is 16.2. The van der Waals surface area contributed by atoms with Gasteiger partial charge in [0, 0.05) is 13.0 Å². The topological polar surface area (TPSA) is 20.2 Å². The van der Waals surface area contributed by atoms with E-state index in [1.54, 1.807) is 0 Å². The minimum Gasteiger partial charge on any atom is -0.396 e. The number of aliphatic hydroxyl groups is 1. The van der Waals surface area contributed by atoms with Crippen LogP contribution in [0.15, 0.2) is 12.2 Å². The van der Waals surface area contributed by atoms with Gasteiger partial charge in [-0.15, -0.1) is 0 Å². The number of unbranched alkanes of at least 4 members (excludes halogenated alkanes) is 6. The van der Waals surface area contributed by atoms with Crippen LogP contribution in [0.4, 0.5) is 0 Å². The van der Waals surface area contributed by atoms with Gasteiger partial charge >= 0.3 is 0 Å². The van der Waals surface area contributed by atoms with Gasteiger partial charge in [0.25, 0.3) is 0 Å². The lowest BCUT2D eigenvalue weighted by Gasteiger charge is -1.97. The number of rotatable bonds is 8. The van der Waals surface area contributed by atoms with Crippen molar-refractivity contribution in [2.24, 2.45) is 0 Å². The molecule has 0 heterocycles. The fraction of sp³-hybridized carbons (Fsp3) is 0.714. The van der Waals surface area contributed by atoms with Crippen LogP contribution in [-0.4, -0.2) is 11.7 Å². The molecule has 0 saturated heterocycles. The summed E-state index contributed by atoms with van der Waals surface area (Å²) in [5.74, 6) is 6.18. The van der Waals surface area contributed by atoms with Gasteiger partial charge in [-0.2, -0.15) is 0 Å². The summed E-state index contributed by atoms with van der Waals surface area (Å²) >= 11 is 0. The molecule has 0 aromatic rings. The van der Waals surface area contributed by atoms with E-state index >= 15 is 0 Å². The van der Waals surface area contributed by atoms with E-state index in [-0.39, 0.29) is 0 Å². The molecule has 0 radical (unpaired) electrons. The molecule has 1 nitrogen and oxygen atoms in total. The number of aliphatic hydroxyl groups excluding tert-OH is 1. The van der Waals surface area contributed by atoms with Crippen molar-refractivity contribution in [2.75, 3.05) is 6.61 Å². The van der Waals surface area contributed by atoms with Crippen LogP contribution in [0.1, 0.15) is 58.3 Å². The predicted octanol–water partition coefficient (Wildman–Crippen LogP) is 3.68. The monoisotopic (exact) mass is 208 g/mol. The highest BCUT2D eigenvalue weighted by Gasteiger charge is 1.89. The molecule has 0 fully saturated rings. The van der Waals surface area contributed by atoms with E-state index in [2.05, 4.69) is 24.8 Å². The second kappa shape index (κ2) is 13.3. The first-order valence-corrected chi connectivity index (χ1v) is 6.16. The molecule has 0 saturated carbocycles. The average Bonchev–Trinajstić information content (AvgIpc) is 2.26. The van der Waals surface area contributed by atoms with E-state index in [0.29, 0.717) is 6.61 Å². The Labute approximate surface area is 94.6 Å². The predicted molar refractivity (Wildman–Crippen MR) is 66.6 cm³/mol. The molecule has 0 aliphatic carbocycles. The second-order valence-corrected chi connectivity index (χ2v) is 3.73. The van der Waals surface area contributed by atoms with E-state index < -0.39 is 0 Å². The summed E-state index contributed by atoms with van der Waals surface area (Å²) in [6.07, 6.45) is 13.3. The molecule has 0 aromatic heterocycles. The van der Waals surface area contributed by atoms with Gasteiger partial charge in [-0.25, -0.2) is 0 Å². The molecule has 1 heteroatoms. The largest absolute Gasteiger partial charge is 0.396 e. The lowest BCUT2D eigenvalue weighted by atomic mass is 10.1. The van der Waals surface area contributed by atoms with Crippen LogP contribution in [0.2, 0.25) is 0 Å². The summed E-state index contributed by atoms with van der Waals surface area (Å²) in [4.78, 5) is 0. The third-order valence-corrected chi connectivity index (χ3v) is 2.25. The van der Waals surface area contributed by atoms with Crippen LogP contribution in [0.3, 0.4) is 0 Å². The van der Waals surface area contributed by atoms with Gasteiger partial charge in [0.1, 0.15) is 0 Å². The number of hydrogen-bond donors (Lipinski definition) is 1. The molecule has 86 valence electrons. The van der Waals surface area contributed by atoms with Crippen molar-refractivity contribution in [1.82, 2.24) is 0 Å². The van der Waals surface area contributed by atoms with E-state index in [1.807, 2.05) is 6.08 Å². The summed E-state index contributed by atoms with van der Waals surface area (Å²) < 4.78 is 0. The maximum Gasteiger partial charge on any atom is 0.0431 e. The Morgan fingerprint density at radius 1 is 1.00 bits per heavy atom. The summed E-state index contributed by atoms with van der Waals surface area (Å²) in [6.45, 7) is 2.46. The maximum absolute atomic E-state index is 8.59. The van der Waals surface area contributed by atoms with Crippen LogP contribution in [0.5, 0.6) is 0 Å². The zero-order valence-corrected chi connectivity index (χ0v) is 9.97. The summed E-state index contributed by atoms with van der Waals surface area (Å²) in [5, 5.41) is 8.59. The van der Waals surface area contributed by atoms with Crippen molar-refractivity contribution in [3.05, 3.63) is 12.2 Å². The molecule has 0 rings (SSSR count). The molecule has 0 atom stereocenters. The van der Waals surface area contributed by atoms with Gasteiger partial charge in [-0.1, -0.05) is 50.5 Å². The third-order valence-electron chi connectivity index (χ3n) is 2.25. The van der Waals surface area contributed by atoms with Gasteiger partial charge in [0.05, 0.1) is 0 Å². The zero-order valence-electron chi connectivity index (χ0n) is 9.97. The smallest absolute Gasteiger partial charge is 0.0431 e. The molecular formula is C14H24O. The van der Waals surface area contributed by atoms with Gasteiger partial charge < -0.3 is 5.11 Å². The lowest BCUT2D eigenvalue weighted by molar-refractivity contribution is 0.282. The fourth-order valence-electron chi connectivity index (χ4n) is 1.34. The van der Waals surface area contributed by atoms with Crippen LogP contribution in [-0.2, 0) is 0 Å². The first-order chi connectivity index (χ1) is 7.41. The van der Waals surface area contributed by atoms with Gasteiger partial charge in [-0.05, 0) is 25.3 Å². The van der Waals surface area contributed by atoms with Gasteiger partial charge in [0.15, 0.2) is 0 Å². The Morgan fingerprint density at radius 2 is 1.67 bits per heavy atom. The first-order valence-electron chi connectivity index (χ1n) is 6.16. The van der Waals surface area contributed by atoms with Crippen LogP contribution in [0.25, 0.3) is 0 Å². The van der Waals surface area contributed by atoms with Crippen molar-refractivity contribution in [1.29, 1.82) is 0 Å². The summed E-state index contributed by atoms with van der Waals surface area (Å²) in [6, 6.07) is 0. The molecule has 0 aliphatic rings. The zero-order chi connectivity index (χ0) is 11.2. The molecule has 0 bridgehead atoms. The van der Waals surface area contributed by atoms with Gasteiger partial charge in [-0.3, -0.25) is 0 Å². The Hall–Kier alpha value is -0.740. The number of hydrogen-bond acceptors (Lipinski definition) is 1. The molecule has 0 aromatic carbocycles. The molecule has 15 heavy (non-hydrogen) atoms. The minimum atomic E-state index is 0.342. The molecule has 0 amide bonds. The summed E-state index contributed by atoms with van der Waals surface area (Å²) in [7, 11) is 0.